The summed E-state index contributed by atoms with van der Waals surface area (Å²) in [4.78, 5) is 0. The van der Waals surface area contributed by atoms with Gasteiger partial charge in [0.2, 0.25) is 0 Å². The van der Waals surface area contributed by atoms with Gasteiger partial charge in [0.1, 0.15) is 0 Å². The van der Waals surface area contributed by atoms with Crippen molar-refractivity contribution in [1.82, 2.24) is 5.32 Å². The minimum absolute atomic E-state index is 0.646. The summed E-state index contributed by atoms with van der Waals surface area (Å²) in [6.07, 6.45) is 10.8. The van der Waals surface area contributed by atoms with Crippen molar-refractivity contribution >= 4 is 11.6 Å². The maximum atomic E-state index is 5.54. The lowest BCUT2D eigenvalue weighted by atomic mass is 10.1. The zero-order valence-electron chi connectivity index (χ0n) is 7.56. The predicted octanol–water partition coefficient (Wildman–Crippen LogP) is 2.70. The number of rotatable bonds is 3. The van der Waals surface area contributed by atoms with Crippen LogP contribution in [0.5, 0.6) is 0 Å². The molecule has 0 aromatic carbocycles. The lowest BCUT2D eigenvalue weighted by Crippen LogP contribution is -2.27. The van der Waals surface area contributed by atoms with Crippen LogP contribution in [-0.2, 0) is 0 Å². The first-order chi connectivity index (χ1) is 5.93. The summed E-state index contributed by atoms with van der Waals surface area (Å²) >= 11 is 5.54. The SMILES string of the molecule is ClCC=CCC1CCCCCN1. The molecule has 0 amide bonds. The average molecular weight is 188 g/mol. The molecule has 1 atom stereocenters. The summed E-state index contributed by atoms with van der Waals surface area (Å²) in [6, 6.07) is 0.701. The zero-order chi connectivity index (χ0) is 8.65. The molecule has 1 rings (SSSR count). The Kier molecular flexibility index (Phi) is 5.46. The number of halogens is 1. The van der Waals surface area contributed by atoms with Crippen molar-refractivity contribution in [3.8, 4) is 0 Å². The van der Waals surface area contributed by atoms with E-state index in [1.54, 1.807) is 0 Å². The zero-order valence-corrected chi connectivity index (χ0v) is 8.32. The molecule has 1 nitrogen and oxygen atoms in total. The average Bonchev–Trinajstić information content (AvgIpc) is 2.33. The van der Waals surface area contributed by atoms with Crippen molar-refractivity contribution in [2.45, 2.75) is 38.1 Å². The topological polar surface area (TPSA) is 12.0 Å². The summed E-state index contributed by atoms with van der Waals surface area (Å²) in [6.45, 7) is 1.19. The molecule has 1 unspecified atom stereocenters. The third kappa shape index (κ3) is 4.13. The van der Waals surface area contributed by atoms with E-state index in [0.29, 0.717) is 11.9 Å². The highest BCUT2D eigenvalue weighted by Crippen LogP contribution is 2.11. The highest BCUT2D eigenvalue weighted by atomic mass is 35.5. The molecule has 12 heavy (non-hydrogen) atoms. The van der Waals surface area contributed by atoms with Crippen molar-refractivity contribution in [3.63, 3.8) is 0 Å². The molecular weight excluding hydrogens is 170 g/mol. The molecule has 1 fully saturated rings. The molecule has 1 aliphatic rings. The van der Waals surface area contributed by atoms with E-state index >= 15 is 0 Å². The standard InChI is InChI=1S/C10H18ClN/c11-8-4-3-7-10-6-2-1-5-9-12-10/h3-4,10,12H,1-2,5-9H2. The van der Waals surface area contributed by atoms with Crippen LogP contribution in [-0.4, -0.2) is 18.5 Å². The molecule has 2 heteroatoms. The Morgan fingerprint density at radius 3 is 3.00 bits per heavy atom. The van der Waals surface area contributed by atoms with Gasteiger partial charge in [-0.25, -0.2) is 0 Å². The first-order valence-electron chi connectivity index (χ1n) is 4.88. The third-order valence-corrected chi connectivity index (χ3v) is 2.52. The van der Waals surface area contributed by atoms with Crippen molar-refractivity contribution in [2.75, 3.05) is 12.4 Å². The largest absolute Gasteiger partial charge is 0.314 e. The summed E-state index contributed by atoms with van der Waals surface area (Å²) in [5.74, 6) is 0.646. The van der Waals surface area contributed by atoms with E-state index < -0.39 is 0 Å². The first kappa shape index (κ1) is 10.1. The number of nitrogens with one attached hydrogen (secondary N) is 1. The van der Waals surface area contributed by atoms with Gasteiger partial charge in [0.05, 0.1) is 0 Å². The second-order valence-corrected chi connectivity index (χ2v) is 3.67. The van der Waals surface area contributed by atoms with E-state index in [9.17, 15) is 0 Å². The minimum Gasteiger partial charge on any atom is -0.314 e. The lowest BCUT2D eigenvalue weighted by Gasteiger charge is -2.12. The van der Waals surface area contributed by atoms with E-state index in [1.165, 1.54) is 32.2 Å². The Morgan fingerprint density at radius 2 is 2.17 bits per heavy atom. The van der Waals surface area contributed by atoms with Gasteiger partial charge in [-0.2, -0.15) is 0 Å². The molecule has 0 radical (unpaired) electrons. The van der Waals surface area contributed by atoms with Gasteiger partial charge >= 0.3 is 0 Å². The second-order valence-electron chi connectivity index (χ2n) is 3.36. The fourth-order valence-corrected chi connectivity index (χ4v) is 1.75. The van der Waals surface area contributed by atoms with Crippen LogP contribution in [0.1, 0.15) is 32.1 Å². The molecule has 70 valence electrons. The number of hydrogen-bond acceptors (Lipinski definition) is 1. The van der Waals surface area contributed by atoms with Gasteiger partial charge in [-0.3, -0.25) is 0 Å². The van der Waals surface area contributed by atoms with Crippen LogP contribution in [0.15, 0.2) is 12.2 Å². The Morgan fingerprint density at radius 1 is 1.25 bits per heavy atom. The third-order valence-electron chi connectivity index (χ3n) is 2.34. The molecular formula is C10H18ClN. The van der Waals surface area contributed by atoms with E-state index in [1.807, 2.05) is 6.08 Å². The molecule has 0 bridgehead atoms. The molecule has 1 saturated heterocycles. The van der Waals surface area contributed by atoms with E-state index in [-0.39, 0.29) is 0 Å². The highest BCUT2D eigenvalue weighted by Gasteiger charge is 2.08. The summed E-state index contributed by atoms with van der Waals surface area (Å²) in [5.41, 5.74) is 0. The summed E-state index contributed by atoms with van der Waals surface area (Å²) < 4.78 is 0. The Balaban J connectivity index is 2.16. The quantitative estimate of drug-likeness (QED) is 0.529. The van der Waals surface area contributed by atoms with Crippen LogP contribution < -0.4 is 5.32 Å². The molecule has 1 heterocycles. The minimum atomic E-state index is 0.646. The maximum absolute atomic E-state index is 5.54. The van der Waals surface area contributed by atoms with Crippen LogP contribution in [0.3, 0.4) is 0 Å². The fourth-order valence-electron chi connectivity index (χ4n) is 1.63. The normalized spacial score (nSPS) is 25.9. The fraction of sp³-hybridized carbons (Fsp3) is 0.800. The Hall–Kier alpha value is -0.0100. The van der Waals surface area contributed by atoms with E-state index in [4.69, 9.17) is 11.6 Å². The number of hydrogen-bond donors (Lipinski definition) is 1. The van der Waals surface area contributed by atoms with E-state index in [2.05, 4.69) is 11.4 Å². The van der Waals surface area contributed by atoms with Crippen LogP contribution in [0.25, 0.3) is 0 Å². The molecule has 1 aliphatic heterocycles. The lowest BCUT2D eigenvalue weighted by molar-refractivity contribution is 0.515. The van der Waals surface area contributed by atoms with Gasteiger partial charge in [0.15, 0.2) is 0 Å². The number of alkyl halides is 1. The second kappa shape index (κ2) is 6.50. The summed E-state index contributed by atoms with van der Waals surface area (Å²) in [7, 11) is 0. The van der Waals surface area contributed by atoms with Crippen LogP contribution >= 0.6 is 11.6 Å². The van der Waals surface area contributed by atoms with Crippen molar-refractivity contribution in [3.05, 3.63) is 12.2 Å². The molecule has 0 aromatic rings. The van der Waals surface area contributed by atoms with Gasteiger partial charge in [-0.05, 0) is 25.8 Å². The number of allylic oxidation sites excluding steroid dienone is 1. The highest BCUT2D eigenvalue weighted by molar-refractivity contribution is 6.18. The molecule has 0 aliphatic carbocycles. The van der Waals surface area contributed by atoms with Gasteiger partial charge in [0, 0.05) is 11.9 Å². The van der Waals surface area contributed by atoms with Crippen molar-refractivity contribution in [2.24, 2.45) is 0 Å². The Labute approximate surface area is 80.2 Å². The molecule has 1 N–H and O–H groups in total. The first-order valence-corrected chi connectivity index (χ1v) is 5.41. The predicted molar refractivity (Wildman–Crippen MR) is 54.7 cm³/mol. The van der Waals surface area contributed by atoms with Crippen molar-refractivity contribution in [1.29, 1.82) is 0 Å². The van der Waals surface area contributed by atoms with Crippen LogP contribution in [0.4, 0.5) is 0 Å². The summed E-state index contributed by atoms with van der Waals surface area (Å²) in [5, 5.41) is 3.55. The smallest absolute Gasteiger partial charge is 0.0404 e. The van der Waals surface area contributed by atoms with E-state index in [0.717, 1.165) is 6.42 Å². The van der Waals surface area contributed by atoms with Gasteiger partial charge in [-0.15, -0.1) is 11.6 Å². The molecule has 0 saturated carbocycles. The van der Waals surface area contributed by atoms with Crippen LogP contribution in [0, 0.1) is 0 Å². The van der Waals surface area contributed by atoms with Gasteiger partial charge < -0.3 is 5.32 Å². The van der Waals surface area contributed by atoms with Crippen molar-refractivity contribution < 1.29 is 0 Å². The maximum Gasteiger partial charge on any atom is 0.0404 e. The van der Waals surface area contributed by atoms with Gasteiger partial charge in [0.25, 0.3) is 0 Å². The van der Waals surface area contributed by atoms with Crippen LogP contribution in [0.2, 0.25) is 0 Å². The molecule has 0 spiro atoms. The monoisotopic (exact) mass is 187 g/mol. The molecule has 0 aromatic heterocycles. The van der Waals surface area contributed by atoms with Gasteiger partial charge in [-0.1, -0.05) is 25.0 Å². The Bertz CT molecular complexity index is 126.